The predicted molar refractivity (Wildman–Crippen MR) is 70.2 cm³/mol. The first-order valence-electron chi connectivity index (χ1n) is 6.01. The van der Waals surface area contributed by atoms with Crippen LogP contribution in [0.25, 0.3) is 0 Å². The summed E-state index contributed by atoms with van der Waals surface area (Å²) in [5.74, 6) is 0. The van der Waals surface area contributed by atoms with Gasteiger partial charge in [0.15, 0.2) is 0 Å². The van der Waals surface area contributed by atoms with E-state index in [4.69, 9.17) is 22.1 Å². The first-order valence-corrected chi connectivity index (χ1v) is 6.39. The van der Waals surface area contributed by atoms with Gasteiger partial charge < -0.3 is 10.5 Å². The van der Waals surface area contributed by atoms with Gasteiger partial charge in [-0.25, -0.2) is 0 Å². The van der Waals surface area contributed by atoms with Gasteiger partial charge in [-0.05, 0) is 24.6 Å². The van der Waals surface area contributed by atoms with Gasteiger partial charge >= 0.3 is 0 Å². The van der Waals surface area contributed by atoms with Crippen LogP contribution in [-0.4, -0.2) is 37.2 Å². The number of hydrogen-bond acceptors (Lipinski definition) is 3. The first-order chi connectivity index (χ1) is 8.22. The van der Waals surface area contributed by atoms with Crippen molar-refractivity contribution in [2.75, 3.05) is 26.3 Å². The molecule has 1 fully saturated rings. The zero-order valence-corrected chi connectivity index (χ0v) is 10.9. The SMILES string of the molecule is CC1COCCN1C(CN)c1cccc(Cl)c1. The lowest BCUT2D eigenvalue weighted by molar-refractivity contribution is -0.0209. The van der Waals surface area contributed by atoms with Crippen LogP contribution in [0.2, 0.25) is 5.02 Å². The number of rotatable bonds is 3. The lowest BCUT2D eigenvalue weighted by Gasteiger charge is -2.39. The normalized spacial score (nSPS) is 23.6. The van der Waals surface area contributed by atoms with Crippen LogP contribution in [0.4, 0.5) is 0 Å². The van der Waals surface area contributed by atoms with Crippen LogP contribution in [0.15, 0.2) is 24.3 Å². The monoisotopic (exact) mass is 254 g/mol. The van der Waals surface area contributed by atoms with Crippen molar-refractivity contribution in [3.63, 3.8) is 0 Å². The Bertz CT molecular complexity index is 372. The Morgan fingerprint density at radius 2 is 2.41 bits per heavy atom. The van der Waals surface area contributed by atoms with Crippen LogP contribution in [0, 0.1) is 0 Å². The van der Waals surface area contributed by atoms with E-state index in [1.54, 1.807) is 0 Å². The molecule has 0 aromatic heterocycles. The summed E-state index contributed by atoms with van der Waals surface area (Å²) in [5, 5.41) is 0.766. The molecule has 2 N–H and O–H groups in total. The Morgan fingerprint density at radius 3 is 3.06 bits per heavy atom. The van der Waals surface area contributed by atoms with Crippen molar-refractivity contribution in [2.45, 2.75) is 19.0 Å². The molecule has 1 saturated heterocycles. The Morgan fingerprint density at radius 1 is 1.59 bits per heavy atom. The highest BCUT2D eigenvalue weighted by molar-refractivity contribution is 6.30. The number of morpholine rings is 1. The lowest BCUT2D eigenvalue weighted by atomic mass is 10.0. The van der Waals surface area contributed by atoms with Crippen LogP contribution in [0.1, 0.15) is 18.5 Å². The Kier molecular flexibility index (Phi) is 4.40. The van der Waals surface area contributed by atoms with Crippen molar-refractivity contribution in [3.8, 4) is 0 Å². The maximum absolute atomic E-state index is 6.04. The molecule has 1 heterocycles. The van der Waals surface area contributed by atoms with Gasteiger partial charge in [-0.15, -0.1) is 0 Å². The highest BCUT2D eigenvalue weighted by atomic mass is 35.5. The molecule has 0 radical (unpaired) electrons. The average molecular weight is 255 g/mol. The molecule has 0 spiro atoms. The summed E-state index contributed by atoms with van der Waals surface area (Å²) in [6.45, 7) is 5.26. The number of hydrogen-bond donors (Lipinski definition) is 1. The minimum absolute atomic E-state index is 0.229. The number of halogens is 1. The molecule has 0 aliphatic carbocycles. The number of benzene rings is 1. The van der Waals surface area contributed by atoms with E-state index in [1.807, 2.05) is 18.2 Å². The number of nitrogens with zero attached hydrogens (tertiary/aromatic N) is 1. The quantitative estimate of drug-likeness (QED) is 0.898. The molecular formula is C13H19ClN2O. The third-order valence-corrected chi connectivity index (χ3v) is 3.51. The van der Waals surface area contributed by atoms with E-state index in [9.17, 15) is 0 Å². The van der Waals surface area contributed by atoms with Gasteiger partial charge in [0.2, 0.25) is 0 Å². The summed E-state index contributed by atoms with van der Waals surface area (Å²) in [7, 11) is 0. The van der Waals surface area contributed by atoms with E-state index in [0.717, 1.165) is 24.8 Å². The van der Waals surface area contributed by atoms with Crippen molar-refractivity contribution in [3.05, 3.63) is 34.9 Å². The smallest absolute Gasteiger partial charge is 0.0620 e. The van der Waals surface area contributed by atoms with Crippen molar-refractivity contribution in [1.29, 1.82) is 0 Å². The minimum Gasteiger partial charge on any atom is -0.379 e. The molecule has 1 aliphatic heterocycles. The van der Waals surface area contributed by atoms with Crippen LogP contribution >= 0.6 is 11.6 Å². The van der Waals surface area contributed by atoms with Gasteiger partial charge in [-0.1, -0.05) is 23.7 Å². The molecule has 2 rings (SSSR count). The van der Waals surface area contributed by atoms with Crippen LogP contribution in [0.3, 0.4) is 0 Å². The van der Waals surface area contributed by atoms with Gasteiger partial charge in [-0.3, -0.25) is 4.90 Å². The van der Waals surface area contributed by atoms with Crippen molar-refractivity contribution in [2.24, 2.45) is 5.73 Å². The lowest BCUT2D eigenvalue weighted by Crippen LogP contribution is -2.47. The van der Waals surface area contributed by atoms with E-state index in [0.29, 0.717) is 12.6 Å². The first kappa shape index (κ1) is 12.8. The Balaban J connectivity index is 2.20. The third-order valence-electron chi connectivity index (χ3n) is 3.28. The van der Waals surface area contributed by atoms with Gasteiger partial charge in [0.05, 0.1) is 13.2 Å². The second-order valence-electron chi connectivity index (χ2n) is 4.47. The van der Waals surface area contributed by atoms with E-state index >= 15 is 0 Å². The summed E-state index contributed by atoms with van der Waals surface area (Å²) in [4.78, 5) is 2.40. The van der Waals surface area contributed by atoms with Crippen molar-refractivity contribution >= 4 is 11.6 Å². The topological polar surface area (TPSA) is 38.5 Å². The van der Waals surface area contributed by atoms with Crippen LogP contribution in [-0.2, 0) is 4.74 Å². The van der Waals surface area contributed by atoms with Crippen LogP contribution < -0.4 is 5.73 Å². The van der Waals surface area contributed by atoms with E-state index in [1.165, 1.54) is 5.56 Å². The molecule has 0 amide bonds. The molecule has 2 atom stereocenters. The Labute approximate surface area is 107 Å². The van der Waals surface area contributed by atoms with E-state index < -0.39 is 0 Å². The zero-order chi connectivity index (χ0) is 12.3. The zero-order valence-electron chi connectivity index (χ0n) is 10.1. The second-order valence-corrected chi connectivity index (χ2v) is 4.90. The van der Waals surface area contributed by atoms with Crippen LogP contribution in [0.5, 0.6) is 0 Å². The standard InChI is InChI=1S/C13H19ClN2O/c1-10-9-17-6-5-16(10)13(8-15)11-3-2-4-12(14)7-11/h2-4,7,10,13H,5-6,8-9,15H2,1H3. The molecule has 0 saturated carbocycles. The van der Waals surface area contributed by atoms with Gasteiger partial charge in [0.1, 0.15) is 0 Å². The fourth-order valence-corrected chi connectivity index (χ4v) is 2.58. The largest absolute Gasteiger partial charge is 0.379 e. The molecule has 1 aromatic carbocycles. The predicted octanol–water partition coefficient (Wildman–Crippen LogP) is 2.06. The van der Waals surface area contributed by atoms with E-state index in [-0.39, 0.29) is 6.04 Å². The van der Waals surface area contributed by atoms with E-state index in [2.05, 4.69) is 17.9 Å². The molecule has 3 nitrogen and oxygen atoms in total. The van der Waals surface area contributed by atoms with Gasteiger partial charge in [0.25, 0.3) is 0 Å². The fourth-order valence-electron chi connectivity index (χ4n) is 2.38. The molecule has 1 aromatic rings. The van der Waals surface area contributed by atoms with Crippen molar-refractivity contribution < 1.29 is 4.74 Å². The molecule has 17 heavy (non-hydrogen) atoms. The maximum Gasteiger partial charge on any atom is 0.0620 e. The summed E-state index contributed by atoms with van der Waals surface area (Å²) < 4.78 is 5.46. The average Bonchev–Trinajstić information content (AvgIpc) is 2.33. The molecular weight excluding hydrogens is 236 g/mol. The summed E-state index contributed by atoms with van der Waals surface area (Å²) in [6.07, 6.45) is 0. The second kappa shape index (κ2) is 5.83. The molecule has 1 aliphatic rings. The molecule has 0 bridgehead atoms. The summed E-state index contributed by atoms with van der Waals surface area (Å²) >= 11 is 6.04. The molecule has 94 valence electrons. The Hall–Kier alpha value is -0.610. The maximum atomic E-state index is 6.04. The van der Waals surface area contributed by atoms with Crippen molar-refractivity contribution in [1.82, 2.24) is 4.90 Å². The summed E-state index contributed by atoms with van der Waals surface area (Å²) in [5.41, 5.74) is 7.11. The molecule has 4 heteroatoms. The third kappa shape index (κ3) is 2.99. The molecule has 2 unspecified atom stereocenters. The van der Waals surface area contributed by atoms with Gasteiger partial charge in [-0.2, -0.15) is 0 Å². The summed E-state index contributed by atoms with van der Waals surface area (Å²) in [6, 6.07) is 8.59. The van der Waals surface area contributed by atoms with Gasteiger partial charge in [0, 0.05) is 30.2 Å². The highest BCUT2D eigenvalue weighted by Crippen LogP contribution is 2.25. The number of ether oxygens (including phenoxy) is 1. The fraction of sp³-hybridized carbons (Fsp3) is 0.538. The number of nitrogens with two attached hydrogens (primary N) is 1. The highest BCUT2D eigenvalue weighted by Gasteiger charge is 2.26. The minimum atomic E-state index is 0.229.